The molecule has 0 aromatic heterocycles. The molecule has 3 rings (SSSR count). The van der Waals surface area contributed by atoms with Gasteiger partial charge in [0.1, 0.15) is 25.3 Å². The molecular formula is C18H22N4O6. The van der Waals surface area contributed by atoms with E-state index < -0.39 is 29.9 Å². The molecule has 150 valence electrons. The van der Waals surface area contributed by atoms with Gasteiger partial charge in [0.05, 0.1) is 6.54 Å². The van der Waals surface area contributed by atoms with E-state index in [0.717, 1.165) is 9.80 Å². The second-order valence-corrected chi connectivity index (χ2v) is 6.73. The third kappa shape index (κ3) is 3.45. The molecular weight excluding hydrogens is 368 g/mol. The van der Waals surface area contributed by atoms with Crippen LogP contribution in [0.2, 0.25) is 0 Å². The second-order valence-electron chi connectivity index (χ2n) is 6.73. The van der Waals surface area contributed by atoms with Crippen LogP contribution in [0, 0.1) is 0 Å². The third-order valence-corrected chi connectivity index (χ3v) is 4.77. The Hall–Kier alpha value is -3.30. The van der Waals surface area contributed by atoms with E-state index in [1.807, 2.05) is 0 Å². The SMILES string of the molecule is CNC(=O)CN(C)C(=O)CN1C(=O)N[C@@](C)(c2ccc3c(c2)OCCO3)C1=O. The minimum absolute atomic E-state index is 0.168. The normalized spacial score (nSPS) is 20.6. The Bertz CT molecular complexity index is 841. The van der Waals surface area contributed by atoms with Gasteiger partial charge < -0.3 is 25.0 Å². The average molecular weight is 390 g/mol. The van der Waals surface area contributed by atoms with Crippen molar-refractivity contribution in [2.45, 2.75) is 12.5 Å². The molecule has 1 atom stereocenters. The molecule has 2 heterocycles. The highest BCUT2D eigenvalue weighted by atomic mass is 16.6. The number of rotatable bonds is 5. The summed E-state index contributed by atoms with van der Waals surface area (Å²) < 4.78 is 11.0. The van der Waals surface area contributed by atoms with Gasteiger partial charge in [-0.2, -0.15) is 0 Å². The Morgan fingerprint density at radius 3 is 2.61 bits per heavy atom. The molecule has 2 N–H and O–H groups in total. The van der Waals surface area contributed by atoms with E-state index in [2.05, 4.69) is 10.6 Å². The van der Waals surface area contributed by atoms with Gasteiger partial charge in [-0.15, -0.1) is 0 Å². The zero-order valence-electron chi connectivity index (χ0n) is 15.9. The van der Waals surface area contributed by atoms with Crippen molar-refractivity contribution in [2.24, 2.45) is 0 Å². The number of imide groups is 1. The van der Waals surface area contributed by atoms with Gasteiger partial charge in [0.15, 0.2) is 11.5 Å². The summed E-state index contributed by atoms with van der Waals surface area (Å²) >= 11 is 0. The molecule has 1 fully saturated rings. The molecule has 0 unspecified atom stereocenters. The lowest BCUT2D eigenvalue weighted by atomic mass is 9.91. The standard InChI is InChI=1S/C18H22N4O6/c1-18(11-4-5-12-13(8-11)28-7-6-27-12)16(25)22(17(26)20-18)10-15(24)21(3)9-14(23)19-2/h4-5,8H,6-7,9-10H2,1-3H3,(H,19,23)(H,20,26)/t18-/m0/s1. The second kappa shape index (κ2) is 7.37. The minimum Gasteiger partial charge on any atom is -0.486 e. The first-order valence-electron chi connectivity index (χ1n) is 8.75. The highest BCUT2D eigenvalue weighted by molar-refractivity contribution is 6.09. The van der Waals surface area contributed by atoms with Gasteiger partial charge in [0.2, 0.25) is 11.8 Å². The first kappa shape index (κ1) is 19.5. The molecule has 0 radical (unpaired) electrons. The zero-order valence-corrected chi connectivity index (χ0v) is 15.9. The predicted octanol–water partition coefficient (Wildman–Crippen LogP) is -0.571. The van der Waals surface area contributed by atoms with Crippen LogP contribution in [0.5, 0.6) is 11.5 Å². The van der Waals surface area contributed by atoms with Crippen LogP contribution in [0.25, 0.3) is 0 Å². The molecule has 0 spiro atoms. The largest absolute Gasteiger partial charge is 0.486 e. The van der Waals surface area contributed by atoms with Crippen LogP contribution in [0.4, 0.5) is 4.79 Å². The highest BCUT2D eigenvalue weighted by Crippen LogP contribution is 2.36. The van der Waals surface area contributed by atoms with Crippen molar-refractivity contribution in [3.8, 4) is 11.5 Å². The Morgan fingerprint density at radius 2 is 1.93 bits per heavy atom. The van der Waals surface area contributed by atoms with Gasteiger partial charge in [0, 0.05) is 14.1 Å². The third-order valence-electron chi connectivity index (χ3n) is 4.77. The molecule has 1 saturated heterocycles. The number of fused-ring (bicyclic) bond motifs is 1. The molecule has 0 saturated carbocycles. The van der Waals surface area contributed by atoms with E-state index in [4.69, 9.17) is 9.47 Å². The number of amides is 5. The topological polar surface area (TPSA) is 117 Å². The van der Waals surface area contributed by atoms with Gasteiger partial charge in [0.25, 0.3) is 5.91 Å². The number of nitrogens with zero attached hydrogens (tertiary/aromatic N) is 2. The maximum Gasteiger partial charge on any atom is 0.325 e. The summed E-state index contributed by atoms with van der Waals surface area (Å²) in [5, 5.41) is 5.05. The van der Waals surface area contributed by atoms with Crippen molar-refractivity contribution in [3.05, 3.63) is 23.8 Å². The Kier molecular flexibility index (Phi) is 5.12. The van der Waals surface area contributed by atoms with E-state index in [-0.39, 0.29) is 12.5 Å². The molecule has 1 aromatic carbocycles. The van der Waals surface area contributed by atoms with Crippen LogP contribution in [0.3, 0.4) is 0 Å². The van der Waals surface area contributed by atoms with Crippen molar-refractivity contribution in [1.29, 1.82) is 0 Å². The van der Waals surface area contributed by atoms with E-state index in [9.17, 15) is 19.2 Å². The number of carbonyl (C=O) groups excluding carboxylic acids is 4. The Labute approximate surface area is 161 Å². The fourth-order valence-electron chi connectivity index (χ4n) is 3.03. The maximum atomic E-state index is 13.0. The fourth-order valence-corrected chi connectivity index (χ4v) is 3.03. The maximum absolute atomic E-state index is 13.0. The summed E-state index contributed by atoms with van der Waals surface area (Å²) in [6.45, 7) is 1.78. The van der Waals surface area contributed by atoms with Crippen LogP contribution in [0.15, 0.2) is 18.2 Å². The number of carbonyl (C=O) groups is 4. The van der Waals surface area contributed by atoms with Gasteiger partial charge in [-0.1, -0.05) is 6.07 Å². The smallest absolute Gasteiger partial charge is 0.325 e. The van der Waals surface area contributed by atoms with Crippen molar-refractivity contribution < 1.29 is 28.7 Å². The number of hydrogen-bond acceptors (Lipinski definition) is 6. The number of benzene rings is 1. The van der Waals surface area contributed by atoms with Crippen LogP contribution >= 0.6 is 0 Å². The van der Waals surface area contributed by atoms with E-state index in [0.29, 0.717) is 30.3 Å². The number of ether oxygens (including phenoxy) is 2. The lowest BCUT2D eigenvalue weighted by Crippen LogP contribution is -2.45. The molecule has 2 aliphatic heterocycles. The van der Waals surface area contributed by atoms with Crippen LogP contribution < -0.4 is 20.1 Å². The van der Waals surface area contributed by atoms with E-state index in [1.54, 1.807) is 25.1 Å². The molecule has 0 aliphatic carbocycles. The fraction of sp³-hybridized carbons (Fsp3) is 0.444. The first-order chi connectivity index (χ1) is 13.3. The molecule has 2 aliphatic rings. The van der Waals surface area contributed by atoms with Gasteiger partial charge >= 0.3 is 6.03 Å². The lowest BCUT2D eigenvalue weighted by molar-refractivity contribution is -0.139. The summed E-state index contributed by atoms with van der Waals surface area (Å²) in [5.74, 6) is -0.381. The summed E-state index contributed by atoms with van der Waals surface area (Å²) in [6, 6.07) is 4.33. The highest BCUT2D eigenvalue weighted by Gasteiger charge is 2.50. The summed E-state index contributed by atoms with van der Waals surface area (Å²) in [6.07, 6.45) is 0. The van der Waals surface area contributed by atoms with Crippen molar-refractivity contribution >= 4 is 23.8 Å². The van der Waals surface area contributed by atoms with E-state index in [1.165, 1.54) is 14.1 Å². The number of urea groups is 1. The number of nitrogens with one attached hydrogen (secondary N) is 2. The molecule has 5 amide bonds. The number of likely N-dealkylation sites (N-methyl/N-ethyl adjacent to an activating group) is 2. The quantitative estimate of drug-likeness (QED) is 0.650. The van der Waals surface area contributed by atoms with Crippen LogP contribution in [-0.4, -0.2) is 74.0 Å². The average Bonchev–Trinajstić information content (AvgIpc) is 2.91. The Balaban J connectivity index is 1.77. The molecule has 1 aromatic rings. The summed E-state index contributed by atoms with van der Waals surface area (Å²) in [7, 11) is 2.88. The predicted molar refractivity (Wildman–Crippen MR) is 96.7 cm³/mol. The van der Waals surface area contributed by atoms with Gasteiger partial charge in [-0.05, 0) is 24.6 Å². The van der Waals surface area contributed by atoms with Gasteiger partial charge in [-0.25, -0.2) is 4.79 Å². The van der Waals surface area contributed by atoms with Crippen LogP contribution in [0.1, 0.15) is 12.5 Å². The zero-order chi connectivity index (χ0) is 20.5. The van der Waals surface area contributed by atoms with Crippen molar-refractivity contribution in [2.75, 3.05) is 40.4 Å². The van der Waals surface area contributed by atoms with Crippen molar-refractivity contribution in [1.82, 2.24) is 20.4 Å². The lowest BCUT2D eigenvalue weighted by Gasteiger charge is -2.25. The summed E-state index contributed by atoms with van der Waals surface area (Å²) in [5.41, 5.74) is -0.823. The van der Waals surface area contributed by atoms with Crippen LogP contribution in [-0.2, 0) is 19.9 Å². The first-order valence-corrected chi connectivity index (χ1v) is 8.75. The molecule has 10 nitrogen and oxygen atoms in total. The molecule has 10 heteroatoms. The monoisotopic (exact) mass is 390 g/mol. The minimum atomic E-state index is -1.34. The van der Waals surface area contributed by atoms with Crippen molar-refractivity contribution in [3.63, 3.8) is 0 Å². The van der Waals surface area contributed by atoms with Gasteiger partial charge in [-0.3, -0.25) is 19.3 Å². The molecule has 0 bridgehead atoms. The Morgan fingerprint density at radius 1 is 1.25 bits per heavy atom. The summed E-state index contributed by atoms with van der Waals surface area (Å²) in [4.78, 5) is 51.1. The number of hydrogen-bond donors (Lipinski definition) is 2. The molecule has 28 heavy (non-hydrogen) atoms. The van der Waals surface area contributed by atoms with E-state index >= 15 is 0 Å².